The maximum atomic E-state index is 11.1. The predicted molar refractivity (Wildman–Crippen MR) is 58.9 cm³/mol. The fraction of sp³-hybridized carbons (Fsp3) is 0.889. The zero-order valence-electron chi connectivity index (χ0n) is 8.34. The SMILES string of the molecule is CCCSCC(=O)NCCCCN. The Kier molecular flexibility index (Phi) is 9.70. The maximum Gasteiger partial charge on any atom is 0.229 e. The highest BCUT2D eigenvalue weighted by Crippen LogP contribution is 2.00. The first kappa shape index (κ1) is 12.8. The first-order valence-electron chi connectivity index (χ1n) is 4.85. The average Bonchev–Trinajstić information content (AvgIpc) is 2.13. The Hall–Kier alpha value is -0.220. The number of rotatable bonds is 8. The molecule has 0 unspecified atom stereocenters. The van der Waals surface area contributed by atoms with E-state index in [1.807, 2.05) is 0 Å². The minimum Gasteiger partial charge on any atom is -0.355 e. The first-order valence-corrected chi connectivity index (χ1v) is 6.01. The van der Waals surface area contributed by atoms with E-state index in [1.54, 1.807) is 11.8 Å². The molecule has 0 rings (SSSR count). The van der Waals surface area contributed by atoms with E-state index in [9.17, 15) is 4.79 Å². The van der Waals surface area contributed by atoms with Crippen molar-refractivity contribution >= 4 is 17.7 Å². The predicted octanol–water partition coefficient (Wildman–Crippen LogP) is 0.985. The molecule has 13 heavy (non-hydrogen) atoms. The van der Waals surface area contributed by atoms with Gasteiger partial charge in [-0.2, -0.15) is 11.8 Å². The summed E-state index contributed by atoms with van der Waals surface area (Å²) in [4.78, 5) is 11.1. The van der Waals surface area contributed by atoms with E-state index in [-0.39, 0.29) is 5.91 Å². The molecule has 0 bridgehead atoms. The van der Waals surface area contributed by atoms with Crippen LogP contribution in [0.15, 0.2) is 0 Å². The Bertz CT molecular complexity index is 131. The monoisotopic (exact) mass is 204 g/mol. The molecule has 0 fully saturated rings. The summed E-state index contributed by atoms with van der Waals surface area (Å²) in [5.74, 6) is 1.81. The van der Waals surface area contributed by atoms with Crippen LogP contribution in [0.4, 0.5) is 0 Å². The molecule has 0 aromatic carbocycles. The zero-order valence-corrected chi connectivity index (χ0v) is 9.16. The fourth-order valence-corrected chi connectivity index (χ4v) is 1.58. The van der Waals surface area contributed by atoms with E-state index in [0.29, 0.717) is 12.3 Å². The third kappa shape index (κ3) is 9.70. The number of carbonyl (C=O) groups is 1. The summed E-state index contributed by atoms with van der Waals surface area (Å²) >= 11 is 1.69. The zero-order chi connectivity index (χ0) is 9.94. The first-order chi connectivity index (χ1) is 6.31. The smallest absolute Gasteiger partial charge is 0.229 e. The second kappa shape index (κ2) is 9.86. The van der Waals surface area contributed by atoms with Gasteiger partial charge in [0.1, 0.15) is 0 Å². The van der Waals surface area contributed by atoms with Crippen molar-refractivity contribution in [2.45, 2.75) is 26.2 Å². The number of hydrogen-bond donors (Lipinski definition) is 2. The molecule has 0 atom stereocenters. The standard InChI is InChI=1S/C9H20N2OS/c1-2-7-13-8-9(12)11-6-4-3-5-10/h2-8,10H2,1H3,(H,11,12). The van der Waals surface area contributed by atoms with Gasteiger partial charge in [0.25, 0.3) is 0 Å². The summed E-state index contributed by atoms with van der Waals surface area (Å²) in [6.45, 7) is 3.59. The van der Waals surface area contributed by atoms with Crippen molar-refractivity contribution in [3.05, 3.63) is 0 Å². The van der Waals surface area contributed by atoms with E-state index >= 15 is 0 Å². The fourth-order valence-electron chi connectivity index (χ4n) is 0.857. The molecule has 3 N–H and O–H groups in total. The molecule has 0 saturated carbocycles. The van der Waals surface area contributed by atoms with Crippen molar-refractivity contribution in [3.63, 3.8) is 0 Å². The van der Waals surface area contributed by atoms with E-state index in [2.05, 4.69) is 12.2 Å². The van der Waals surface area contributed by atoms with Crippen LogP contribution in [0.5, 0.6) is 0 Å². The highest BCUT2D eigenvalue weighted by molar-refractivity contribution is 7.99. The topological polar surface area (TPSA) is 55.1 Å². The van der Waals surface area contributed by atoms with Gasteiger partial charge in [-0.15, -0.1) is 0 Å². The van der Waals surface area contributed by atoms with Gasteiger partial charge < -0.3 is 11.1 Å². The van der Waals surface area contributed by atoms with Crippen molar-refractivity contribution in [3.8, 4) is 0 Å². The van der Waals surface area contributed by atoms with E-state index in [0.717, 1.165) is 31.6 Å². The van der Waals surface area contributed by atoms with Gasteiger partial charge in [-0.1, -0.05) is 6.92 Å². The van der Waals surface area contributed by atoms with Crippen molar-refractivity contribution in [1.82, 2.24) is 5.32 Å². The number of amides is 1. The van der Waals surface area contributed by atoms with Gasteiger partial charge in [0.05, 0.1) is 5.75 Å². The Morgan fingerprint density at radius 2 is 2.23 bits per heavy atom. The molecule has 0 spiro atoms. The summed E-state index contributed by atoms with van der Waals surface area (Å²) < 4.78 is 0. The summed E-state index contributed by atoms with van der Waals surface area (Å²) in [5, 5.41) is 2.86. The Morgan fingerprint density at radius 3 is 2.85 bits per heavy atom. The molecule has 0 aliphatic rings. The lowest BCUT2D eigenvalue weighted by Crippen LogP contribution is -2.26. The van der Waals surface area contributed by atoms with Crippen molar-refractivity contribution in [2.75, 3.05) is 24.6 Å². The van der Waals surface area contributed by atoms with E-state index < -0.39 is 0 Å². The van der Waals surface area contributed by atoms with Gasteiger partial charge >= 0.3 is 0 Å². The molecule has 0 heterocycles. The van der Waals surface area contributed by atoms with Crippen LogP contribution in [0.25, 0.3) is 0 Å². The molecule has 0 aromatic rings. The van der Waals surface area contributed by atoms with Crippen molar-refractivity contribution < 1.29 is 4.79 Å². The van der Waals surface area contributed by atoms with Crippen LogP contribution in [0, 0.1) is 0 Å². The number of nitrogens with two attached hydrogens (primary N) is 1. The molecule has 3 nitrogen and oxygen atoms in total. The van der Waals surface area contributed by atoms with Gasteiger partial charge in [0.2, 0.25) is 5.91 Å². The third-order valence-electron chi connectivity index (χ3n) is 1.53. The molecule has 0 saturated heterocycles. The summed E-state index contributed by atoms with van der Waals surface area (Å²) in [6, 6.07) is 0. The maximum absolute atomic E-state index is 11.1. The number of thioether (sulfide) groups is 1. The van der Waals surface area contributed by atoms with Gasteiger partial charge in [-0.3, -0.25) is 4.79 Å². The largest absolute Gasteiger partial charge is 0.355 e. The molecule has 4 heteroatoms. The lowest BCUT2D eigenvalue weighted by molar-refractivity contribution is -0.118. The molecule has 78 valence electrons. The number of nitrogens with one attached hydrogen (secondary N) is 1. The quantitative estimate of drug-likeness (QED) is 0.580. The Labute approximate surface area is 84.8 Å². The van der Waals surface area contributed by atoms with Crippen LogP contribution >= 0.6 is 11.8 Å². The van der Waals surface area contributed by atoms with Crippen LogP contribution < -0.4 is 11.1 Å². The lowest BCUT2D eigenvalue weighted by atomic mass is 10.3. The highest BCUT2D eigenvalue weighted by atomic mass is 32.2. The Morgan fingerprint density at radius 1 is 1.46 bits per heavy atom. The van der Waals surface area contributed by atoms with Crippen LogP contribution in [-0.4, -0.2) is 30.5 Å². The number of unbranched alkanes of at least 4 members (excludes halogenated alkanes) is 1. The van der Waals surface area contributed by atoms with Crippen LogP contribution in [-0.2, 0) is 4.79 Å². The van der Waals surface area contributed by atoms with Crippen LogP contribution in [0.2, 0.25) is 0 Å². The second-order valence-electron chi connectivity index (χ2n) is 2.90. The summed E-state index contributed by atoms with van der Waals surface area (Å²) in [7, 11) is 0. The molecule has 0 aliphatic carbocycles. The minimum absolute atomic E-state index is 0.149. The van der Waals surface area contributed by atoms with Crippen LogP contribution in [0.3, 0.4) is 0 Å². The second-order valence-corrected chi connectivity index (χ2v) is 4.00. The van der Waals surface area contributed by atoms with Gasteiger partial charge in [0.15, 0.2) is 0 Å². The van der Waals surface area contributed by atoms with E-state index in [4.69, 9.17) is 5.73 Å². The third-order valence-corrected chi connectivity index (χ3v) is 2.70. The van der Waals surface area contributed by atoms with Gasteiger partial charge in [0, 0.05) is 6.54 Å². The molecular weight excluding hydrogens is 184 g/mol. The molecule has 0 aromatic heterocycles. The minimum atomic E-state index is 0.149. The van der Waals surface area contributed by atoms with E-state index in [1.165, 1.54) is 0 Å². The molecule has 1 amide bonds. The highest BCUT2D eigenvalue weighted by Gasteiger charge is 1.98. The summed E-state index contributed by atoms with van der Waals surface area (Å²) in [5.41, 5.74) is 5.33. The normalized spacial score (nSPS) is 10.0. The number of carbonyl (C=O) groups excluding carboxylic acids is 1. The molecular formula is C9H20N2OS. The van der Waals surface area contributed by atoms with Crippen molar-refractivity contribution in [1.29, 1.82) is 0 Å². The Balaban J connectivity index is 3.11. The van der Waals surface area contributed by atoms with Gasteiger partial charge in [-0.05, 0) is 31.6 Å². The average molecular weight is 204 g/mol. The summed E-state index contributed by atoms with van der Waals surface area (Å²) in [6.07, 6.45) is 3.11. The van der Waals surface area contributed by atoms with Crippen molar-refractivity contribution in [2.24, 2.45) is 5.73 Å². The molecule has 0 aliphatic heterocycles. The van der Waals surface area contributed by atoms with Gasteiger partial charge in [-0.25, -0.2) is 0 Å². The lowest BCUT2D eigenvalue weighted by Gasteiger charge is -2.03. The van der Waals surface area contributed by atoms with Crippen LogP contribution in [0.1, 0.15) is 26.2 Å². The molecule has 0 radical (unpaired) electrons. The number of hydrogen-bond acceptors (Lipinski definition) is 3.